The Morgan fingerprint density at radius 1 is 1.41 bits per heavy atom. The lowest BCUT2D eigenvalue weighted by Crippen LogP contribution is -2.45. The number of nitrogens with one attached hydrogen (secondary N) is 2. The zero-order valence-electron chi connectivity index (χ0n) is 10.1. The number of carbonyl (C=O) groups excluding carboxylic acids is 1. The van der Waals surface area contributed by atoms with Crippen LogP contribution in [0.15, 0.2) is 0 Å². The fourth-order valence-corrected chi connectivity index (χ4v) is 1.07. The molecule has 1 unspecified atom stereocenters. The minimum absolute atomic E-state index is 0.528. The zero-order chi connectivity index (χ0) is 13.3. The largest absolute Gasteiger partial charge is 0.405 e. The molecular weight excluding hydrogens is 237 g/mol. The van der Waals surface area contributed by atoms with Gasteiger partial charge in [-0.1, -0.05) is 0 Å². The number of amides is 1. The predicted molar refractivity (Wildman–Crippen MR) is 57.6 cm³/mol. The van der Waals surface area contributed by atoms with Crippen LogP contribution in [-0.2, 0) is 9.53 Å². The summed E-state index contributed by atoms with van der Waals surface area (Å²) in [6.07, 6.45) is -3.66. The fraction of sp³-hybridized carbons (Fsp3) is 0.900. The number of ether oxygens (including phenoxy) is 1. The normalized spacial score (nSPS) is 13.5. The van der Waals surface area contributed by atoms with Crippen molar-refractivity contribution in [3.05, 3.63) is 0 Å². The van der Waals surface area contributed by atoms with Crippen LogP contribution in [0.25, 0.3) is 0 Å². The van der Waals surface area contributed by atoms with Gasteiger partial charge in [-0.15, -0.1) is 0 Å². The Bertz CT molecular complexity index is 222. The van der Waals surface area contributed by atoms with E-state index in [-0.39, 0.29) is 0 Å². The second-order valence-corrected chi connectivity index (χ2v) is 3.56. The van der Waals surface area contributed by atoms with E-state index in [9.17, 15) is 18.0 Å². The highest BCUT2D eigenvalue weighted by atomic mass is 19.4. The second-order valence-electron chi connectivity index (χ2n) is 3.56. The van der Waals surface area contributed by atoms with Crippen molar-refractivity contribution in [3.8, 4) is 0 Å². The molecule has 0 saturated heterocycles. The summed E-state index contributed by atoms with van der Waals surface area (Å²) in [7, 11) is 0. The third-order valence-corrected chi connectivity index (χ3v) is 1.98. The number of hydrogen-bond donors (Lipinski definition) is 2. The van der Waals surface area contributed by atoms with Gasteiger partial charge in [0, 0.05) is 13.2 Å². The van der Waals surface area contributed by atoms with Crippen molar-refractivity contribution in [2.24, 2.45) is 0 Å². The molecule has 102 valence electrons. The van der Waals surface area contributed by atoms with Gasteiger partial charge in [0.15, 0.2) is 0 Å². The Labute approximate surface area is 98.9 Å². The molecule has 0 bridgehead atoms. The van der Waals surface area contributed by atoms with Gasteiger partial charge in [-0.25, -0.2) is 0 Å². The average Bonchev–Trinajstić information content (AvgIpc) is 2.24. The van der Waals surface area contributed by atoms with E-state index in [1.165, 1.54) is 6.92 Å². The van der Waals surface area contributed by atoms with Gasteiger partial charge >= 0.3 is 6.18 Å². The smallest absolute Gasteiger partial charge is 0.382 e. The first-order valence-corrected chi connectivity index (χ1v) is 5.52. The van der Waals surface area contributed by atoms with Crippen LogP contribution in [0.4, 0.5) is 13.2 Å². The topological polar surface area (TPSA) is 50.4 Å². The molecule has 2 N–H and O–H groups in total. The zero-order valence-corrected chi connectivity index (χ0v) is 10.1. The van der Waals surface area contributed by atoms with E-state index >= 15 is 0 Å². The summed E-state index contributed by atoms with van der Waals surface area (Å²) >= 11 is 0. The van der Waals surface area contributed by atoms with Gasteiger partial charge in [-0.2, -0.15) is 13.2 Å². The maximum Gasteiger partial charge on any atom is 0.405 e. The van der Waals surface area contributed by atoms with Crippen LogP contribution in [0, 0.1) is 0 Å². The number of alkyl halides is 3. The standard InChI is InChI=1S/C10H19F3N2O2/c1-3-17-6-4-5-14-8(2)9(16)15-7-10(11,12)13/h8,14H,3-7H2,1-2H3,(H,15,16). The van der Waals surface area contributed by atoms with Gasteiger partial charge in [0.25, 0.3) is 0 Å². The number of hydrogen-bond acceptors (Lipinski definition) is 3. The molecule has 0 aliphatic heterocycles. The van der Waals surface area contributed by atoms with Crippen LogP contribution in [0.1, 0.15) is 20.3 Å². The van der Waals surface area contributed by atoms with Crippen molar-refractivity contribution in [2.75, 3.05) is 26.3 Å². The Morgan fingerprint density at radius 3 is 2.59 bits per heavy atom. The van der Waals surface area contributed by atoms with Crippen molar-refractivity contribution in [1.29, 1.82) is 0 Å². The Balaban J connectivity index is 3.61. The number of rotatable bonds is 8. The SMILES string of the molecule is CCOCCCNC(C)C(=O)NCC(F)(F)F. The minimum Gasteiger partial charge on any atom is -0.382 e. The predicted octanol–water partition coefficient (Wildman–Crippen LogP) is 1.07. The van der Waals surface area contributed by atoms with Gasteiger partial charge in [0.2, 0.25) is 5.91 Å². The molecule has 17 heavy (non-hydrogen) atoms. The molecule has 4 nitrogen and oxygen atoms in total. The fourth-order valence-electron chi connectivity index (χ4n) is 1.07. The lowest BCUT2D eigenvalue weighted by Gasteiger charge is -2.14. The van der Waals surface area contributed by atoms with Crippen LogP contribution >= 0.6 is 0 Å². The molecule has 0 rings (SSSR count). The molecule has 7 heteroatoms. The first-order valence-electron chi connectivity index (χ1n) is 5.52. The van der Waals surface area contributed by atoms with Crippen LogP contribution in [0.5, 0.6) is 0 Å². The highest BCUT2D eigenvalue weighted by molar-refractivity contribution is 5.81. The molecule has 0 saturated carbocycles. The highest BCUT2D eigenvalue weighted by Crippen LogP contribution is 2.12. The molecular formula is C10H19F3N2O2. The second kappa shape index (κ2) is 8.30. The van der Waals surface area contributed by atoms with E-state index in [1.807, 2.05) is 12.2 Å². The van der Waals surface area contributed by atoms with E-state index in [0.29, 0.717) is 26.2 Å². The van der Waals surface area contributed by atoms with Crippen molar-refractivity contribution in [2.45, 2.75) is 32.5 Å². The Hall–Kier alpha value is -0.820. The molecule has 0 aliphatic rings. The Kier molecular flexibility index (Phi) is 7.90. The summed E-state index contributed by atoms with van der Waals surface area (Å²) in [5.74, 6) is -0.654. The van der Waals surface area contributed by atoms with Crippen molar-refractivity contribution < 1.29 is 22.7 Å². The summed E-state index contributed by atoms with van der Waals surface area (Å²) in [5, 5.41) is 4.63. The molecule has 0 aromatic carbocycles. The molecule has 0 aromatic heterocycles. The van der Waals surface area contributed by atoms with Crippen molar-refractivity contribution in [3.63, 3.8) is 0 Å². The number of halogens is 3. The molecule has 0 aliphatic carbocycles. The van der Waals surface area contributed by atoms with Crippen LogP contribution in [-0.4, -0.2) is 44.4 Å². The molecule has 0 spiro atoms. The van der Waals surface area contributed by atoms with E-state index in [4.69, 9.17) is 4.74 Å². The molecule has 0 fully saturated rings. The summed E-state index contributed by atoms with van der Waals surface area (Å²) in [6.45, 7) is 3.83. The average molecular weight is 256 g/mol. The lowest BCUT2D eigenvalue weighted by atomic mass is 10.3. The van der Waals surface area contributed by atoms with Gasteiger partial charge in [-0.3, -0.25) is 4.79 Å². The maximum atomic E-state index is 11.8. The van der Waals surface area contributed by atoms with Crippen LogP contribution < -0.4 is 10.6 Å². The molecule has 0 aromatic rings. The lowest BCUT2D eigenvalue weighted by molar-refractivity contribution is -0.139. The molecule has 1 atom stereocenters. The summed E-state index contributed by atoms with van der Waals surface area (Å²) in [5.41, 5.74) is 0. The molecule has 0 radical (unpaired) electrons. The van der Waals surface area contributed by atoms with E-state index < -0.39 is 24.7 Å². The quantitative estimate of drug-likeness (QED) is 0.639. The third-order valence-electron chi connectivity index (χ3n) is 1.98. The summed E-state index contributed by atoms with van der Waals surface area (Å²) in [4.78, 5) is 11.2. The van der Waals surface area contributed by atoms with E-state index in [1.54, 1.807) is 0 Å². The third kappa shape index (κ3) is 10.1. The molecule has 0 heterocycles. The van der Waals surface area contributed by atoms with Crippen molar-refractivity contribution in [1.82, 2.24) is 10.6 Å². The van der Waals surface area contributed by atoms with Gasteiger partial charge in [0.1, 0.15) is 6.54 Å². The van der Waals surface area contributed by atoms with Gasteiger partial charge in [-0.05, 0) is 26.8 Å². The summed E-state index contributed by atoms with van der Waals surface area (Å²) in [6, 6.07) is -0.640. The monoisotopic (exact) mass is 256 g/mol. The number of carbonyl (C=O) groups is 1. The van der Waals surface area contributed by atoms with E-state index in [2.05, 4.69) is 5.32 Å². The van der Waals surface area contributed by atoms with E-state index in [0.717, 1.165) is 0 Å². The van der Waals surface area contributed by atoms with Gasteiger partial charge < -0.3 is 15.4 Å². The van der Waals surface area contributed by atoms with Crippen LogP contribution in [0.3, 0.4) is 0 Å². The van der Waals surface area contributed by atoms with Crippen molar-refractivity contribution >= 4 is 5.91 Å². The molecule has 1 amide bonds. The first kappa shape index (κ1) is 16.2. The first-order chi connectivity index (χ1) is 7.87. The van der Waals surface area contributed by atoms with Crippen LogP contribution in [0.2, 0.25) is 0 Å². The summed E-state index contributed by atoms with van der Waals surface area (Å²) < 4.78 is 40.5. The minimum atomic E-state index is -4.37. The highest BCUT2D eigenvalue weighted by Gasteiger charge is 2.28. The maximum absolute atomic E-state index is 11.8. The Morgan fingerprint density at radius 2 is 2.06 bits per heavy atom. The van der Waals surface area contributed by atoms with Gasteiger partial charge in [0.05, 0.1) is 6.04 Å².